The Kier molecular flexibility index (Phi) is 5.79. The summed E-state index contributed by atoms with van der Waals surface area (Å²) in [7, 11) is 0. The lowest BCUT2D eigenvalue weighted by atomic mass is 10.2. The Labute approximate surface area is 154 Å². The van der Waals surface area contributed by atoms with E-state index in [1.165, 1.54) is 0 Å². The van der Waals surface area contributed by atoms with E-state index in [4.69, 9.17) is 28.3 Å². The van der Waals surface area contributed by atoms with Gasteiger partial charge < -0.3 is 5.11 Å². The Hall–Kier alpha value is -1.53. The second kappa shape index (κ2) is 8.03. The normalized spacial score (nSPS) is 11.0. The van der Waals surface area contributed by atoms with E-state index in [1.54, 1.807) is 23.9 Å². The molecule has 0 saturated heterocycles. The highest BCUT2D eigenvalue weighted by Gasteiger charge is 2.18. The van der Waals surface area contributed by atoms with Gasteiger partial charge in [-0.05, 0) is 36.8 Å². The van der Waals surface area contributed by atoms with Gasteiger partial charge in [-0.3, -0.25) is 4.57 Å². The number of halogens is 2. The first-order valence-corrected chi connectivity index (χ1v) is 9.15. The van der Waals surface area contributed by atoms with Crippen molar-refractivity contribution in [2.75, 3.05) is 12.4 Å². The Morgan fingerprint density at radius 1 is 1.04 bits per heavy atom. The third-order valence-corrected chi connectivity index (χ3v) is 4.92. The molecule has 4 nitrogen and oxygen atoms in total. The van der Waals surface area contributed by atoms with Gasteiger partial charge in [0.1, 0.15) is 0 Å². The molecule has 3 aromatic rings. The van der Waals surface area contributed by atoms with Crippen molar-refractivity contribution in [3.05, 3.63) is 58.6 Å². The molecule has 0 spiro atoms. The SMILES string of the molecule is OCCCSc1nnc(-c2ccc(Cl)cc2Cl)n1-c1ccccc1. The van der Waals surface area contributed by atoms with E-state index in [2.05, 4.69) is 10.2 Å². The third kappa shape index (κ3) is 3.75. The zero-order valence-electron chi connectivity index (χ0n) is 12.7. The van der Waals surface area contributed by atoms with Crippen molar-refractivity contribution in [3.63, 3.8) is 0 Å². The summed E-state index contributed by atoms with van der Waals surface area (Å²) in [5.74, 6) is 1.42. The molecule has 0 aliphatic carbocycles. The molecule has 2 aromatic carbocycles. The lowest BCUT2D eigenvalue weighted by Gasteiger charge is -2.11. The summed E-state index contributed by atoms with van der Waals surface area (Å²) in [5, 5.41) is 19.5. The van der Waals surface area contributed by atoms with Crippen LogP contribution < -0.4 is 0 Å². The van der Waals surface area contributed by atoms with Crippen LogP contribution in [0.5, 0.6) is 0 Å². The quantitative estimate of drug-likeness (QED) is 0.497. The first-order chi connectivity index (χ1) is 11.7. The molecule has 1 aromatic heterocycles. The summed E-state index contributed by atoms with van der Waals surface area (Å²) in [4.78, 5) is 0. The minimum Gasteiger partial charge on any atom is -0.396 e. The molecule has 0 fully saturated rings. The summed E-state index contributed by atoms with van der Waals surface area (Å²) in [6.07, 6.45) is 0.698. The van der Waals surface area contributed by atoms with E-state index in [-0.39, 0.29) is 6.61 Å². The van der Waals surface area contributed by atoms with Gasteiger partial charge in [0.25, 0.3) is 0 Å². The van der Waals surface area contributed by atoms with Crippen molar-refractivity contribution < 1.29 is 5.11 Å². The standard InChI is InChI=1S/C17H15Cl2N3OS/c18-12-7-8-14(15(19)11-12)16-20-21-17(24-10-4-9-23)22(16)13-5-2-1-3-6-13/h1-3,5-8,11,23H,4,9-10H2. The Morgan fingerprint density at radius 3 is 2.54 bits per heavy atom. The van der Waals surface area contributed by atoms with Gasteiger partial charge in [0.15, 0.2) is 11.0 Å². The monoisotopic (exact) mass is 379 g/mol. The molecular formula is C17H15Cl2N3OS. The van der Waals surface area contributed by atoms with Gasteiger partial charge in [-0.2, -0.15) is 0 Å². The maximum Gasteiger partial charge on any atom is 0.196 e. The molecular weight excluding hydrogens is 365 g/mol. The predicted molar refractivity (Wildman–Crippen MR) is 99.2 cm³/mol. The maximum atomic E-state index is 8.99. The van der Waals surface area contributed by atoms with E-state index < -0.39 is 0 Å². The zero-order chi connectivity index (χ0) is 16.9. The van der Waals surface area contributed by atoms with Gasteiger partial charge in [-0.25, -0.2) is 0 Å². The molecule has 124 valence electrons. The van der Waals surface area contributed by atoms with Crippen molar-refractivity contribution in [2.24, 2.45) is 0 Å². The Bertz CT molecular complexity index is 824. The average Bonchev–Trinajstić information content (AvgIpc) is 2.99. The molecule has 0 bridgehead atoms. The van der Waals surface area contributed by atoms with Crippen molar-refractivity contribution in [3.8, 4) is 17.1 Å². The number of thioether (sulfide) groups is 1. The number of nitrogens with zero attached hydrogens (tertiary/aromatic N) is 3. The molecule has 0 unspecified atom stereocenters. The van der Waals surface area contributed by atoms with E-state index >= 15 is 0 Å². The highest BCUT2D eigenvalue weighted by molar-refractivity contribution is 7.99. The number of hydrogen-bond donors (Lipinski definition) is 1. The molecule has 0 aliphatic rings. The number of para-hydroxylation sites is 1. The van der Waals surface area contributed by atoms with Gasteiger partial charge in [-0.1, -0.05) is 53.2 Å². The van der Waals surface area contributed by atoms with Crippen LogP contribution in [0.15, 0.2) is 53.7 Å². The second-order valence-corrected chi connectivity index (χ2v) is 6.93. The summed E-state index contributed by atoms with van der Waals surface area (Å²) in [5.41, 5.74) is 1.72. The molecule has 7 heteroatoms. The molecule has 1 heterocycles. The van der Waals surface area contributed by atoms with Crippen LogP contribution in [-0.2, 0) is 0 Å². The van der Waals surface area contributed by atoms with Crippen LogP contribution in [0.4, 0.5) is 0 Å². The third-order valence-electron chi connectivity index (χ3n) is 3.35. The number of hydrogen-bond acceptors (Lipinski definition) is 4. The van der Waals surface area contributed by atoms with Gasteiger partial charge >= 0.3 is 0 Å². The van der Waals surface area contributed by atoms with Crippen LogP contribution >= 0.6 is 35.0 Å². The number of rotatable bonds is 6. The number of aliphatic hydroxyl groups is 1. The largest absolute Gasteiger partial charge is 0.396 e. The maximum absolute atomic E-state index is 8.99. The minimum atomic E-state index is 0.155. The Morgan fingerprint density at radius 2 is 1.83 bits per heavy atom. The fraction of sp³-hybridized carbons (Fsp3) is 0.176. The van der Waals surface area contributed by atoms with Crippen LogP contribution in [0.1, 0.15) is 6.42 Å². The van der Waals surface area contributed by atoms with Crippen LogP contribution in [0.25, 0.3) is 17.1 Å². The molecule has 0 saturated carbocycles. The van der Waals surface area contributed by atoms with Gasteiger partial charge in [0.2, 0.25) is 0 Å². The van der Waals surface area contributed by atoms with E-state index in [1.807, 2.05) is 41.0 Å². The average molecular weight is 380 g/mol. The predicted octanol–water partition coefficient (Wildman–Crippen LogP) is 4.72. The van der Waals surface area contributed by atoms with E-state index in [0.717, 1.165) is 22.2 Å². The second-order valence-electron chi connectivity index (χ2n) is 5.03. The van der Waals surface area contributed by atoms with Crippen molar-refractivity contribution in [1.82, 2.24) is 14.8 Å². The molecule has 3 rings (SSSR count). The number of benzene rings is 2. The molecule has 0 aliphatic heterocycles. The van der Waals surface area contributed by atoms with Crippen molar-refractivity contribution in [2.45, 2.75) is 11.6 Å². The molecule has 0 atom stereocenters. The summed E-state index contributed by atoms with van der Waals surface area (Å²) in [6.45, 7) is 0.155. The highest BCUT2D eigenvalue weighted by atomic mass is 35.5. The van der Waals surface area contributed by atoms with Crippen LogP contribution in [0.3, 0.4) is 0 Å². The highest BCUT2D eigenvalue weighted by Crippen LogP contribution is 2.33. The van der Waals surface area contributed by atoms with Crippen LogP contribution in [-0.4, -0.2) is 32.2 Å². The summed E-state index contributed by atoms with van der Waals surface area (Å²) in [6, 6.07) is 15.2. The van der Waals surface area contributed by atoms with Crippen molar-refractivity contribution >= 4 is 35.0 Å². The molecule has 1 N–H and O–H groups in total. The first-order valence-electron chi connectivity index (χ1n) is 7.40. The van der Waals surface area contributed by atoms with Crippen LogP contribution in [0, 0.1) is 0 Å². The van der Waals surface area contributed by atoms with Gasteiger partial charge in [0, 0.05) is 28.6 Å². The van der Waals surface area contributed by atoms with E-state index in [0.29, 0.717) is 22.3 Å². The fourth-order valence-electron chi connectivity index (χ4n) is 2.25. The molecule has 24 heavy (non-hydrogen) atoms. The summed E-state index contributed by atoms with van der Waals surface area (Å²) < 4.78 is 1.97. The van der Waals surface area contributed by atoms with E-state index in [9.17, 15) is 0 Å². The smallest absolute Gasteiger partial charge is 0.196 e. The lowest BCUT2D eigenvalue weighted by molar-refractivity contribution is 0.296. The fourth-order valence-corrected chi connectivity index (χ4v) is 3.62. The van der Waals surface area contributed by atoms with Gasteiger partial charge in [-0.15, -0.1) is 10.2 Å². The number of aliphatic hydroxyl groups excluding tert-OH is 1. The van der Waals surface area contributed by atoms with Gasteiger partial charge in [0.05, 0.1) is 5.02 Å². The topological polar surface area (TPSA) is 50.9 Å². The van der Waals surface area contributed by atoms with Crippen molar-refractivity contribution in [1.29, 1.82) is 0 Å². The first kappa shape index (κ1) is 17.3. The number of aromatic nitrogens is 3. The van der Waals surface area contributed by atoms with Crippen LogP contribution in [0.2, 0.25) is 10.0 Å². The summed E-state index contributed by atoms with van der Waals surface area (Å²) >= 11 is 13.9. The minimum absolute atomic E-state index is 0.155. The molecule has 0 radical (unpaired) electrons. The Balaban J connectivity index is 2.09. The lowest BCUT2D eigenvalue weighted by Crippen LogP contribution is -2.00. The molecule has 0 amide bonds. The zero-order valence-corrected chi connectivity index (χ0v) is 15.0.